The van der Waals surface area contributed by atoms with Crippen LogP contribution in [0, 0.1) is 6.92 Å². The summed E-state index contributed by atoms with van der Waals surface area (Å²) >= 11 is 0. The Kier molecular flexibility index (Phi) is 1.80. The zero-order valence-corrected chi connectivity index (χ0v) is 7.94. The van der Waals surface area contributed by atoms with Crippen molar-refractivity contribution in [3.63, 3.8) is 0 Å². The summed E-state index contributed by atoms with van der Waals surface area (Å²) in [5.74, 6) is -2.07. The van der Waals surface area contributed by atoms with E-state index in [1.165, 1.54) is 12.1 Å². The number of rotatable bonds is 1. The molecule has 1 aromatic carbocycles. The minimum absolute atomic E-state index is 0.00801. The summed E-state index contributed by atoms with van der Waals surface area (Å²) in [6.45, 7) is 2.68. The second kappa shape index (κ2) is 2.77. The molecule has 74 valence electrons. The van der Waals surface area contributed by atoms with Crippen LogP contribution in [0.4, 0.5) is 8.78 Å². The zero-order valence-electron chi connectivity index (χ0n) is 7.94. The number of benzene rings is 1. The van der Waals surface area contributed by atoms with Crippen LogP contribution >= 0.6 is 0 Å². The maximum Gasteiger partial charge on any atom is 0.270 e. The molecule has 0 bridgehead atoms. The average Bonchev–Trinajstić information content (AvgIpc) is 2.41. The smallest absolute Gasteiger partial charge is 0.270 e. The Morgan fingerprint density at radius 1 is 1.36 bits per heavy atom. The first-order chi connectivity index (χ1) is 6.47. The number of fused-ring (bicyclic) bond motifs is 1. The molecule has 1 heterocycles. The number of nitrogens with one attached hydrogen (secondary N) is 1. The topological polar surface area (TPSA) is 28.7 Å². The molecule has 0 unspecified atom stereocenters. The number of hydrogen-bond donors (Lipinski definition) is 1. The van der Waals surface area contributed by atoms with E-state index in [4.69, 9.17) is 0 Å². The van der Waals surface area contributed by atoms with Crippen LogP contribution in [-0.4, -0.2) is 9.97 Å². The third-order valence-electron chi connectivity index (χ3n) is 2.11. The van der Waals surface area contributed by atoms with Crippen molar-refractivity contribution in [3.8, 4) is 0 Å². The van der Waals surface area contributed by atoms with E-state index in [1.54, 1.807) is 13.0 Å². The summed E-state index contributed by atoms with van der Waals surface area (Å²) in [6, 6.07) is 4.45. The molecule has 0 saturated heterocycles. The van der Waals surface area contributed by atoms with Gasteiger partial charge in [-0.25, -0.2) is 13.8 Å². The van der Waals surface area contributed by atoms with Crippen LogP contribution in [0.25, 0.3) is 11.0 Å². The largest absolute Gasteiger partial charge is 0.342 e. The first-order valence-electron chi connectivity index (χ1n) is 4.31. The Bertz CT molecular complexity index is 468. The lowest BCUT2D eigenvalue weighted by Crippen LogP contribution is -2.06. The average molecular weight is 196 g/mol. The van der Waals surface area contributed by atoms with Crippen LogP contribution in [-0.2, 0) is 5.92 Å². The molecule has 0 aliphatic heterocycles. The fourth-order valence-corrected chi connectivity index (χ4v) is 1.41. The number of halogens is 2. The van der Waals surface area contributed by atoms with Crippen LogP contribution in [0.3, 0.4) is 0 Å². The minimum atomic E-state index is -2.80. The lowest BCUT2D eigenvalue weighted by molar-refractivity contribution is 0.0176. The van der Waals surface area contributed by atoms with E-state index >= 15 is 0 Å². The van der Waals surface area contributed by atoms with E-state index in [0.29, 0.717) is 5.52 Å². The van der Waals surface area contributed by atoms with Crippen molar-refractivity contribution >= 4 is 11.0 Å². The second-order valence-corrected chi connectivity index (χ2v) is 3.44. The van der Waals surface area contributed by atoms with Gasteiger partial charge in [-0.05, 0) is 19.1 Å². The van der Waals surface area contributed by atoms with Crippen molar-refractivity contribution in [1.82, 2.24) is 9.97 Å². The number of aromatic nitrogens is 2. The van der Waals surface area contributed by atoms with Gasteiger partial charge in [-0.3, -0.25) is 0 Å². The van der Waals surface area contributed by atoms with Crippen LogP contribution in [0.2, 0.25) is 0 Å². The Morgan fingerprint density at radius 3 is 2.71 bits per heavy atom. The van der Waals surface area contributed by atoms with Gasteiger partial charge in [0.15, 0.2) is 0 Å². The summed E-state index contributed by atoms with van der Waals surface area (Å²) in [4.78, 5) is 7.06. The number of nitrogens with zero attached hydrogens (tertiary/aromatic N) is 1. The maximum absolute atomic E-state index is 13.0. The first-order valence-corrected chi connectivity index (χ1v) is 4.31. The van der Waals surface area contributed by atoms with E-state index in [9.17, 15) is 8.78 Å². The first kappa shape index (κ1) is 9.12. The number of aryl methyl sites for hydroxylation is 1. The van der Waals surface area contributed by atoms with Crippen LogP contribution in [0.15, 0.2) is 18.2 Å². The number of imidazole rings is 1. The van der Waals surface area contributed by atoms with E-state index < -0.39 is 5.92 Å². The number of H-pyrrole nitrogens is 1. The molecule has 1 aromatic heterocycles. The maximum atomic E-state index is 13.0. The van der Waals surface area contributed by atoms with E-state index in [0.717, 1.165) is 18.3 Å². The zero-order chi connectivity index (χ0) is 10.3. The van der Waals surface area contributed by atoms with Gasteiger partial charge >= 0.3 is 0 Å². The third kappa shape index (κ3) is 1.47. The van der Waals surface area contributed by atoms with Crippen molar-refractivity contribution in [3.05, 3.63) is 29.6 Å². The number of aromatic amines is 1. The van der Waals surface area contributed by atoms with E-state index in [1.807, 2.05) is 0 Å². The van der Waals surface area contributed by atoms with Gasteiger partial charge in [-0.2, -0.15) is 0 Å². The molecule has 0 amide bonds. The summed E-state index contributed by atoms with van der Waals surface area (Å²) in [7, 11) is 0. The lowest BCUT2D eigenvalue weighted by Gasteiger charge is -2.09. The second-order valence-electron chi connectivity index (χ2n) is 3.44. The van der Waals surface area contributed by atoms with Crippen molar-refractivity contribution in [1.29, 1.82) is 0 Å². The highest BCUT2D eigenvalue weighted by Crippen LogP contribution is 2.28. The van der Waals surface area contributed by atoms with Crippen LogP contribution in [0.1, 0.15) is 18.3 Å². The number of hydrogen-bond acceptors (Lipinski definition) is 1. The molecule has 0 atom stereocenters. The molecule has 2 rings (SSSR count). The van der Waals surface area contributed by atoms with E-state index in [2.05, 4.69) is 9.97 Å². The summed E-state index contributed by atoms with van der Waals surface area (Å²) in [5, 5.41) is 0. The Labute approximate surface area is 80.0 Å². The van der Waals surface area contributed by atoms with Gasteiger partial charge < -0.3 is 4.98 Å². The fourth-order valence-electron chi connectivity index (χ4n) is 1.41. The molecular weight excluding hydrogens is 186 g/mol. The van der Waals surface area contributed by atoms with E-state index in [-0.39, 0.29) is 5.56 Å². The van der Waals surface area contributed by atoms with Crippen molar-refractivity contribution in [2.75, 3.05) is 0 Å². The molecule has 4 heteroatoms. The highest BCUT2D eigenvalue weighted by Gasteiger charge is 2.24. The standard InChI is InChI=1S/C10H10F2N2/c1-6-13-8-4-3-7(10(2,11)12)5-9(8)14-6/h3-5H,1-2H3,(H,13,14). The van der Waals surface area contributed by atoms with Crippen LogP contribution < -0.4 is 0 Å². The van der Waals surface area contributed by atoms with Gasteiger partial charge in [-0.15, -0.1) is 0 Å². The summed E-state index contributed by atoms with van der Waals surface area (Å²) in [5.41, 5.74) is 1.38. The van der Waals surface area contributed by atoms with Crippen molar-refractivity contribution in [2.24, 2.45) is 0 Å². The monoisotopic (exact) mass is 196 g/mol. The highest BCUT2D eigenvalue weighted by molar-refractivity contribution is 5.76. The molecule has 0 spiro atoms. The lowest BCUT2D eigenvalue weighted by atomic mass is 10.1. The summed E-state index contributed by atoms with van der Waals surface area (Å²) < 4.78 is 25.9. The Morgan fingerprint density at radius 2 is 2.07 bits per heavy atom. The molecule has 0 radical (unpaired) electrons. The Balaban J connectivity index is 2.62. The van der Waals surface area contributed by atoms with Crippen molar-refractivity contribution in [2.45, 2.75) is 19.8 Å². The minimum Gasteiger partial charge on any atom is -0.342 e. The molecule has 2 nitrogen and oxygen atoms in total. The molecular formula is C10H10F2N2. The molecule has 0 aliphatic carbocycles. The molecule has 2 aromatic rings. The van der Waals surface area contributed by atoms with Gasteiger partial charge in [0.05, 0.1) is 11.0 Å². The van der Waals surface area contributed by atoms with Crippen LogP contribution in [0.5, 0.6) is 0 Å². The molecule has 0 saturated carbocycles. The molecule has 1 N–H and O–H groups in total. The predicted octanol–water partition coefficient (Wildman–Crippen LogP) is 2.98. The van der Waals surface area contributed by atoms with Gasteiger partial charge in [0, 0.05) is 12.5 Å². The number of alkyl halides is 2. The highest BCUT2D eigenvalue weighted by atomic mass is 19.3. The normalized spacial score (nSPS) is 12.3. The SMILES string of the molecule is Cc1nc2ccc(C(C)(F)F)cc2[nH]1. The predicted molar refractivity (Wildman–Crippen MR) is 50.4 cm³/mol. The van der Waals surface area contributed by atoms with Gasteiger partial charge in [0.25, 0.3) is 5.92 Å². The Hall–Kier alpha value is -1.45. The molecule has 0 aliphatic rings. The molecule has 0 fully saturated rings. The summed E-state index contributed by atoms with van der Waals surface area (Å²) in [6.07, 6.45) is 0. The van der Waals surface area contributed by atoms with Gasteiger partial charge in [0.1, 0.15) is 5.82 Å². The fraction of sp³-hybridized carbons (Fsp3) is 0.300. The van der Waals surface area contributed by atoms with Gasteiger partial charge in [0.2, 0.25) is 0 Å². The van der Waals surface area contributed by atoms with Crippen molar-refractivity contribution < 1.29 is 8.78 Å². The molecule has 14 heavy (non-hydrogen) atoms. The quantitative estimate of drug-likeness (QED) is 0.746. The third-order valence-corrected chi connectivity index (χ3v) is 2.11. The van der Waals surface area contributed by atoms with Gasteiger partial charge in [-0.1, -0.05) is 6.07 Å².